The fourth-order valence-corrected chi connectivity index (χ4v) is 5.77. The van der Waals surface area contributed by atoms with E-state index in [-0.39, 0.29) is 43.0 Å². The molecule has 0 saturated carbocycles. The summed E-state index contributed by atoms with van der Waals surface area (Å²) < 4.78 is 37.7. The van der Waals surface area contributed by atoms with Crippen LogP contribution in [0.1, 0.15) is 6.42 Å². The molecule has 3 heterocycles. The third-order valence-corrected chi connectivity index (χ3v) is 7.99. The molecule has 0 aromatic heterocycles. The maximum atomic E-state index is 13.1. The summed E-state index contributed by atoms with van der Waals surface area (Å²) in [4.78, 5) is 29.2. The Morgan fingerprint density at radius 2 is 1.66 bits per heavy atom. The smallest absolute Gasteiger partial charge is 0.243 e. The first-order chi connectivity index (χ1) is 15.4. The monoisotopic (exact) mass is 457 g/mol. The molecule has 2 saturated heterocycles. The number of fused-ring (bicyclic) bond motifs is 1. The van der Waals surface area contributed by atoms with Gasteiger partial charge in [-0.3, -0.25) is 9.59 Å². The number of hydrogen-bond donors (Lipinski definition) is 0. The van der Waals surface area contributed by atoms with E-state index >= 15 is 0 Å². The lowest BCUT2D eigenvalue weighted by Crippen LogP contribution is -2.52. The van der Waals surface area contributed by atoms with Crippen LogP contribution in [0.4, 0.5) is 5.69 Å². The minimum atomic E-state index is -3.58. The number of hydrogen-bond acceptors (Lipinski definition) is 6. The summed E-state index contributed by atoms with van der Waals surface area (Å²) in [7, 11) is -3.58. The minimum absolute atomic E-state index is 0.113. The van der Waals surface area contributed by atoms with Crippen molar-refractivity contribution in [3.63, 3.8) is 0 Å². The minimum Gasteiger partial charge on any atom is -0.454 e. The Labute approximate surface area is 186 Å². The van der Waals surface area contributed by atoms with Crippen LogP contribution in [-0.2, 0) is 19.6 Å². The number of nitrogens with zero attached hydrogens (tertiary/aromatic N) is 3. The van der Waals surface area contributed by atoms with Crippen molar-refractivity contribution >= 4 is 27.5 Å². The van der Waals surface area contributed by atoms with Crippen LogP contribution in [0.25, 0.3) is 0 Å². The summed E-state index contributed by atoms with van der Waals surface area (Å²) >= 11 is 0. The van der Waals surface area contributed by atoms with Crippen LogP contribution in [0.3, 0.4) is 0 Å². The van der Waals surface area contributed by atoms with Gasteiger partial charge in [0.2, 0.25) is 28.6 Å². The number of carbonyl (C=O) groups is 2. The lowest BCUT2D eigenvalue weighted by atomic mass is 10.1. The highest BCUT2D eigenvalue weighted by Crippen LogP contribution is 2.37. The van der Waals surface area contributed by atoms with Crippen LogP contribution < -0.4 is 14.4 Å². The average Bonchev–Trinajstić information content (AvgIpc) is 3.45. The van der Waals surface area contributed by atoms with Gasteiger partial charge in [0.05, 0.1) is 10.8 Å². The van der Waals surface area contributed by atoms with Crippen molar-refractivity contribution in [3.8, 4) is 11.5 Å². The number of rotatable bonds is 4. The van der Waals surface area contributed by atoms with Crippen molar-refractivity contribution in [1.29, 1.82) is 0 Å². The molecule has 3 aliphatic rings. The second-order valence-electron chi connectivity index (χ2n) is 7.99. The fraction of sp³-hybridized carbons (Fsp3) is 0.364. The summed E-state index contributed by atoms with van der Waals surface area (Å²) in [6.07, 6.45) is 0.135. The number of anilines is 1. The van der Waals surface area contributed by atoms with Crippen molar-refractivity contribution in [2.75, 3.05) is 44.4 Å². The topological polar surface area (TPSA) is 96.5 Å². The molecule has 5 rings (SSSR count). The Morgan fingerprint density at radius 3 is 2.41 bits per heavy atom. The molecule has 0 radical (unpaired) electrons. The highest BCUT2D eigenvalue weighted by atomic mass is 32.2. The summed E-state index contributed by atoms with van der Waals surface area (Å²) in [5.41, 5.74) is 0.674. The highest BCUT2D eigenvalue weighted by Gasteiger charge is 2.39. The molecular formula is C22H23N3O6S. The van der Waals surface area contributed by atoms with Gasteiger partial charge in [0.25, 0.3) is 0 Å². The molecule has 2 fully saturated rings. The zero-order valence-electron chi connectivity index (χ0n) is 17.3. The van der Waals surface area contributed by atoms with E-state index in [1.54, 1.807) is 58.3 Å². The SMILES string of the molecule is O=C(C1CC(=O)N(c2ccc3c(c2)OCO3)C1)N1CCN(S(=O)(=O)c2ccccc2)CC1. The van der Waals surface area contributed by atoms with E-state index in [0.717, 1.165) is 0 Å². The Hall–Kier alpha value is -3.11. The third kappa shape index (κ3) is 3.69. The molecule has 1 unspecified atom stereocenters. The molecular weight excluding hydrogens is 434 g/mol. The van der Waals surface area contributed by atoms with E-state index in [9.17, 15) is 18.0 Å². The second kappa shape index (κ2) is 8.10. The van der Waals surface area contributed by atoms with E-state index in [1.165, 1.54) is 4.31 Å². The third-order valence-electron chi connectivity index (χ3n) is 6.07. The lowest BCUT2D eigenvalue weighted by Gasteiger charge is -2.35. The van der Waals surface area contributed by atoms with Crippen molar-refractivity contribution in [1.82, 2.24) is 9.21 Å². The van der Waals surface area contributed by atoms with Crippen LogP contribution in [0, 0.1) is 5.92 Å². The molecule has 0 spiro atoms. The van der Waals surface area contributed by atoms with E-state index in [4.69, 9.17) is 9.47 Å². The van der Waals surface area contributed by atoms with Crippen LogP contribution in [0.5, 0.6) is 11.5 Å². The molecule has 2 aromatic carbocycles. The van der Waals surface area contributed by atoms with Crippen LogP contribution in [-0.4, -0.2) is 69.0 Å². The number of piperazine rings is 1. The number of amides is 2. The normalized spacial score (nSPS) is 21.2. The van der Waals surface area contributed by atoms with Gasteiger partial charge in [-0.2, -0.15) is 4.31 Å². The van der Waals surface area contributed by atoms with E-state index in [2.05, 4.69) is 0 Å². The Morgan fingerprint density at radius 1 is 0.938 bits per heavy atom. The van der Waals surface area contributed by atoms with Gasteiger partial charge in [-0.05, 0) is 24.3 Å². The number of carbonyl (C=O) groups excluding carboxylic acids is 2. The quantitative estimate of drug-likeness (QED) is 0.687. The summed E-state index contributed by atoms with van der Waals surface area (Å²) in [5.74, 6) is 0.535. The molecule has 2 amide bonds. The van der Waals surface area contributed by atoms with Gasteiger partial charge < -0.3 is 19.3 Å². The number of ether oxygens (including phenoxy) is 2. The molecule has 0 N–H and O–H groups in total. The summed E-state index contributed by atoms with van der Waals surface area (Å²) in [5, 5.41) is 0. The molecule has 32 heavy (non-hydrogen) atoms. The van der Waals surface area contributed by atoms with Crippen molar-refractivity contribution in [3.05, 3.63) is 48.5 Å². The summed E-state index contributed by atoms with van der Waals surface area (Å²) in [6, 6.07) is 13.6. The maximum Gasteiger partial charge on any atom is 0.243 e. The Bertz CT molecular complexity index is 1150. The van der Waals surface area contributed by atoms with Crippen LogP contribution in [0.15, 0.2) is 53.4 Å². The van der Waals surface area contributed by atoms with E-state index < -0.39 is 15.9 Å². The van der Waals surface area contributed by atoms with Crippen LogP contribution >= 0.6 is 0 Å². The Balaban J connectivity index is 1.22. The van der Waals surface area contributed by atoms with Gasteiger partial charge in [0.15, 0.2) is 11.5 Å². The first-order valence-corrected chi connectivity index (χ1v) is 11.9. The molecule has 0 bridgehead atoms. The summed E-state index contributed by atoms with van der Waals surface area (Å²) in [6.45, 7) is 1.52. The van der Waals surface area contributed by atoms with Gasteiger partial charge in [-0.1, -0.05) is 18.2 Å². The van der Waals surface area contributed by atoms with Gasteiger partial charge >= 0.3 is 0 Å². The molecule has 3 aliphatic heterocycles. The lowest BCUT2D eigenvalue weighted by molar-refractivity contribution is -0.136. The highest BCUT2D eigenvalue weighted by molar-refractivity contribution is 7.89. The van der Waals surface area contributed by atoms with Gasteiger partial charge in [-0.15, -0.1) is 0 Å². The molecule has 168 valence electrons. The van der Waals surface area contributed by atoms with Gasteiger partial charge in [-0.25, -0.2) is 8.42 Å². The van der Waals surface area contributed by atoms with E-state index in [1.807, 2.05) is 0 Å². The first kappa shape index (κ1) is 20.8. The molecule has 10 heteroatoms. The van der Waals surface area contributed by atoms with Crippen molar-refractivity contribution in [2.45, 2.75) is 11.3 Å². The standard InChI is InChI=1S/C22H23N3O6S/c26-21-12-16(14-25(21)17-6-7-19-20(13-17)31-15-30-19)22(27)23-8-10-24(11-9-23)32(28,29)18-4-2-1-3-5-18/h1-7,13,16H,8-12,14-15H2. The zero-order chi connectivity index (χ0) is 22.3. The largest absolute Gasteiger partial charge is 0.454 e. The van der Waals surface area contributed by atoms with Gasteiger partial charge in [0.1, 0.15) is 0 Å². The number of sulfonamides is 1. The van der Waals surface area contributed by atoms with Crippen LogP contribution in [0.2, 0.25) is 0 Å². The fourth-order valence-electron chi connectivity index (χ4n) is 4.32. The predicted molar refractivity (Wildman–Crippen MR) is 115 cm³/mol. The van der Waals surface area contributed by atoms with Gasteiger partial charge in [0, 0.05) is 50.9 Å². The van der Waals surface area contributed by atoms with Crippen molar-refractivity contribution < 1.29 is 27.5 Å². The van der Waals surface area contributed by atoms with Crippen molar-refractivity contribution in [2.24, 2.45) is 5.92 Å². The maximum absolute atomic E-state index is 13.1. The molecule has 2 aromatic rings. The zero-order valence-corrected chi connectivity index (χ0v) is 18.2. The Kier molecular flexibility index (Phi) is 5.26. The second-order valence-corrected chi connectivity index (χ2v) is 9.92. The average molecular weight is 458 g/mol. The first-order valence-electron chi connectivity index (χ1n) is 10.5. The predicted octanol–water partition coefficient (Wildman–Crippen LogP) is 1.30. The molecule has 1 atom stereocenters. The number of benzene rings is 2. The molecule has 0 aliphatic carbocycles. The molecule has 9 nitrogen and oxygen atoms in total. The van der Waals surface area contributed by atoms with E-state index in [0.29, 0.717) is 36.8 Å².